The van der Waals surface area contributed by atoms with Gasteiger partial charge in [-0.3, -0.25) is 9.89 Å². The molecule has 0 unspecified atom stereocenters. The molecule has 4 N–H and O–H groups in total. The summed E-state index contributed by atoms with van der Waals surface area (Å²) < 4.78 is 0. The van der Waals surface area contributed by atoms with E-state index < -0.39 is 0 Å². The van der Waals surface area contributed by atoms with Crippen LogP contribution in [0, 0.1) is 17.8 Å². The molecule has 2 aliphatic rings. The summed E-state index contributed by atoms with van der Waals surface area (Å²) in [6.45, 7) is 2.77. The highest BCUT2D eigenvalue weighted by Gasteiger charge is 2.41. The number of carbonyl (C=O) groups excluding carboxylic acids is 1. The standard InChI is InChI=1S/C14H22N4O/c1-2-11-12(15)13(18-17-11)14(19)16-7-10(8-3-4-8)9-5-6-9/h8-10H,2-7,15H2,1H3,(H,16,19)(H,17,18). The normalized spacial score (nSPS) is 18.8. The second-order valence-electron chi connectivity index (χ2n) is 5.87. The minimum absolute atomic E-state index is 0.139. The van der Waals surface area contributed by atoms with Gasteiger partial charge in [0.1, 0.15) is 0 Å². The van der Waals surface area contributed by atoms with Crippen LogP contribution in [0.3, 0.4) is 0 Å². The summed E-state index contributed by atoms with van der Waals surface area (Å²) in [7, 11) is 0. The van der Waals surface area contributed by atoms with Crippen LogP contribution >= 0.6 is 0 Å². The quantitative estimate of drug-likeness (QED) is 0.730. The molecule has 2 fully saturated rings. The monoisotopic (exact) mass is 262 g/mol. The molecule has 0 aromatic carbocycles. The van der Waals surface area contributed by atoms with Gasteiger partial charge in [0.25, 0.3) is 5.91 Å². The molecule has 3 rings (SSSR count). The van der Waals surface area contributed by atoms with Crippen molar-refractivity contribution in [2.24, 2.45) is 17.8 Å². The van der Waals surface area contributed by atoms with Crippen LogP contribution in [-0.2, 0) is 6.42 Å². The van der Waals surface area contributed by atoms with Gasteiger partial charge >= 0.3 is 0 Å². The van der Waals surface area contributed by atoms with Crippen LogP contribution in [-0.4, -0.2) is 22.6 Å². The summed E-state index contributed by atoms with van der Waals surface area (Å²) in [6.07, 6.45) is 6.10. The Morgan fingerprint density at radius 3 is 2.53 bits per heavy atom. The van der Waals surface area contributed by atoms with Gasteiger partial charge in [0.2, 0.25) is 0 Å². The molecule has 2 saturated carbocycles. The number of amides is 1. The first-order valence-electron chi connectivity index (χ1n) is 7.31. The van der Waals surface area contributed by atoms with Gasteiger partial charge in [-0.25, -0.2) is 0 Å². The topological polar surface area (TPSA) is 83.8 Å². The summed E-state index contributed by atoms with van der Waals surface area (Å²) >= 11 is 0. The first-order chi connectivity index (χ1) is 9.20. The van der Waals surface area contributed by atoms with Crippen molar-refractivity contribution >= 4 is 11.6 Å². The second-order valence-corrected chi connectivity index (χ2v) is 5.87. The smallest absolute Gasteiger partial charge is 0.273 e. The fourth-order valence-corrected chi connectivity index (χ4v) is 2.89. The van der Waals surface area contributed by atoms with Gasteiger partial charge in [0.05, 0.1) is 11.4 Å². The zero-order chi connectivity index (χ0) is 13.4. The lowest BCUT2D eigenvalue weighted by Crippen LogP contribution is -2.31. The van der Waals surface area contributed by atoms with Crippen molar-refractivity contribution in [2.75, 3.05) is 12.3 Å². The zero-order valence-electron chi connectivity index (χ0n) is 11.4. The predicted molar refractivity (Wildman–Crippen MR) is 73.6 cm³/mol. The third-order valence-electron chi connectivity index (χ3n) is 4.40. The van der Waals surface area contributed by atoms with Crippen molar-refractivity contribution in [2.45, 2.75) is 39.0 Å². The van der Waals surface area contributed by atoms with E-state index in [-0.39, 0.29) is 5.91 Å². The molecule has 104 valence electrons. The van der Waals surface area contributed by atoms with Gasteiger partial charge in [-0.05, 0) is 49.9 Å². The molecule has 1 amide bonds. The molecule has 0 spiro atoms. The maximum Gasteiger partial charge on any atom is 0.273 e. The van der Waals surface area contributed by atoms with Gasteiger partial charge in [-0.15, -0.1) is 0 Å². The number of H-pyrrole nitrogens is 1. The van der Waals surface area contributed by atoms with Crippen LogP contribution in [0.1, 0.15) is 48.8 Å². The molecule has 5 heteroatoms. The van der Waals surface area contributed by atoms with Crippen molar-refractivity contribution in [3.05, 3.63) is 11.4 Å². The van der Waals surface area contributed by atoms with Crippen molar-refractivity contribution in [1.29, 1.82) is 0 Å². The Labute approximate surface area is 113 Å². The van der Waals surface area contributed by atoms with E-state index in [1.165, 1.54) is 25.7 Å². The Hall–Kier alpha value is -1.52. The third-order valence-corrected chi connectivity index (χ3v) is 4.40. The number of hydrogen-bond acceptors (Lipinski definition) is 3. The van der Waals surface area contributed by atoms with E-state index >= 15 is 0 Å². The SMILES string of the molecule is CCc1[nH]nc(C(=O)NCC(C2CC2)C2CC2)c1N. The first kappa shape index (κ1) is 12.5. The van der Waals surface area contributed by atoms with Crippen LogP contribution in [0.2, 0.25) is 0 Å². The van der Waals surface area contributed by atoms with Crippen molar-refractivity contribution in [1.82, 2.24) is 15.5 Å². The lowest BCUT2D eigenvalue weighted by Gasteiger charge is -2.15. The summed E-state index contributed by atoms with van der Waals surface area (Å²) in [5.41, 5.74) is 7.59. The van der Waals surface area contributed by atoms with E-state index in [4.69, 9.17) is 5.73 Å². The Balaban J connectivity index is 1.59. The summed E-state index contributed by atoms with van der Waals surface area (Å²) in [4.78, 5) is 12.1. The first-order valence-corrected chi connectivity index (χ1v) is 7.31. The molecule has 0 saturated heterocycles. The van der Waals surface area contributed by atoms with Crippen molar-refractivity contribution in [3.8, 4) is 0 Å². The molecule has 0 bridgehead atoms. The van der Waals surface area contributed by atoms with Crippen molar-refractivity contribution in [3.63, 3.8) is 0 Å². The van der Waals surface area contributed by atoms with E-state index in [0.717, 1.165) is 30.5 Å². The lowest BCUT2D eigenvalue weighted by atomic mass is 9.98. The van der Waals surface area contributed by atoms with Gasteiger partial charge < -0.3 is 11.1 Å². The van der Waals surface area contributed by atoms with Gasteiger partial charge in [0, 0.05) is 6.54 Å². The average Bonchev–Trinajstić information content (AvgIpc) is 3.29. The number of aryl methyl sites for hydroxylation is 1. The maximum atomic E-state index is 12.1. The number of nitrogens with one attached hydrogen (secondary N) is 2. The highest BCUT2D eigenvalue weighted by molar-refractivity contribution is 5.97. The maximum absolute atomic E-state index is 12.1. The van der Waals surface area contributed by atoms with Crippen LogP contribution in [0.4, 0.5) is 5.69 Å². The largest absolute Gasteiger partial charge is 0.395 e. The predicted octanol–water partition coefficient (Wildman–Crippen LogP) is 1.72. The van der Waals surface area contributed by atoms with Crippen LogP contribution in [0.5, 0.6) is 0 Å². The molecule has 1 aromatic heterocycles. The summed E-state index contributed by atoms with van der Waals surface area (Å²) in [6, 6.07) is 0. The highest BCUT2D eigenvalue weighted by Crippen LogP contribution is 2.48. The Morgan fingerprint density at radius 2 is 2.05 bits per heavy atom. The van der Waals surface area contributed by atoms with E-state index in [1.807, 2.05) is 6.92 Å². The van der Waals surface area contributed by atoms with Gasteiger partial charge in [-0.1, -0.05) is 6.92 Å². The van der Waals surface area contributed by atoms with Crippen molar-refractivity contribution < 1.29 is 4.79 Å². The van der Waals surface area contributed by atoms with E-state index in [9.17, 15) is 4.79 Å². The number of aromatic nitrogens is 2. The number of carbonyl (C=O) groups is 1. The Morgan fingerprint density at radius 1 is 1.42 bits per heavy atom. The fourth-order valence-electron chi connectivity index (χ4n) is 2.89. The number of nitrogen functional groups attached to an aromatic ring is 1. The summed E-state index contributed by atoms with van der Waals surface area (Å²) in [5, 5.41) is 9.87. The highest BCUT2D eigenvalue weighted by atomic mass is 16.1. The Kier molecular flexibility index (Phi) is 3.21. The van der Waals surface area contributed by atoms with Crippen LogP contribution in [0.25, 0.3) is 0 Å². The fraction of sp³-hybridized carbons (Fsp3) is 0.714. The van der Waals surface area contributed by atoms with E-state index in [0.29, 0.717) is 17.3 Å². The number of aromatic amines is 1. The number of hydrogen-bond donors (Lipinski definition) is 3. The molecule has 0 aliphatic heterocycles. The van der Waals surface area contributed by atoms with Gasteiger partial charge in [0.15, 0.2) is 5.69 Å². The van der Waals surface area contributed by atoms with E-state index in [2.05, 4.69) is 15.5 Å². The van der Waals surface area contributed by atoms with Crippen LogP contribution < -0.4 is 11.1 Å². The van der Waals surface area contributed by atoms with E-state index in [1.54, 1.807) is 0 Å². The molecular weight excluding hydrogens is 240 g/mol. The minimum atomic E-state index is -0.139. The number of rotatable bonds is 6. The zero-order valence-corrected chi connectivity index (χ0v) is 11.4. The lowest BCUT2D eigenvalue weighted by molar-refractivity contribution is 0.0939. The number of nitrogens with zero attached hydrogens (tertiary/aromatic N) is 1. The molecule has 0 radical (unpaired) electrons. The average molecular weight is 262 g/mol. The molecule has 0 atom stereocenters. The molecule has 2 aliphatic carbocycles. The summed E-state index contributed by atoms with van der Waals surface area (Å²) in [5.74, 6) is 2.22. The molecule has 1 heterocycles. The number of nitrogens with two attached hydrogens (primary N) is 1. The van der Waals surface area contributed by atoms with Gasteiger partial charge in [-0.2, -0.15) is 5.10 Å². The Bertz CT molecular complexity index is 462. The molecule has 5 nitrogen and oxygen atoms in total. The molecule has 1 aromatic rings. The minimum Gasteiger partial charge on any atom is -0.395 e. The number of anilines is 1. The second kappa shape index (κ2) is 4.87. The molecular formula is C14H22N4O. The molecule has 19 heavy (non-hydrogen) atoms. The third kappa shape index (κ3) is 2.60. The van der Waals surface area contributed by atoms with Crippen LogP contribution in [0.15, 0.2) is 0 Å².